The SMILES string of the molecule is [N-]=[N+]=Nc1ccccc1C(N=[N+]=[N-])C1CCCCC1=O. The Morgan fingerprint density at radius 1 is 1.20 bits per heavy atom. The van der Waals surface area contributed by atoms with Crippen LogP contribution >= 0.6 is 0 Å². The van der Waals surface area contributed by atoms with Crippen LogP contribution in [0, 0.1) is 5.92 Å². The van der Waals surface area contributed by atoms with E-state index in [1.807, 2.05) is 0 Å². The van der Waals surface area contributed by atoms with E-state index in [1.165, 1.54) is 0 Å². The van der Waals surface area contributed by atoms with E-state index in [-0.39, 0.29) is 11.7 Å². The lowest BCUT2D eigenvalue weighted by molar-refractivity contribution is -0.125. The number of carbonyl (C=O) groups is 1. The molecule has 1 saturated carbocycles. The molecule has 2 atom stereocenters. The first-order valence-electron chi connectivity index (χ1n) is 6.49. The molecule has 1 aliphatic rings. The van der Waals surface area contributed by atoms with Crippen LogP contribution in [0.25, 0.3) is 20.9 Å². The lowest BCUT2D eigenvalue weighted by Gasteiger charge is -2.27. The minimum atomic E-state index is -0.602. The maximum atomic E-state index is 12.1. The minimum absolute atomic E-state index is 0.115. The van der Waals surface area contributed by atoms with Gasteiger partial charge in [-0.1, -0.05) is 40.9 Å². The van der Waals surface area contributed by atoms with Gasteiger partial charge in [-0.15, -0.1) is 0 Å². The second kappa shape index (κ2) is 6.61. The zero-order valence-corrected chi connectivity index (χ0v) is 10.9. The van der Waals surface area contributed by atoms with Crippen LogP contribution in [-0.2, 0) is 4.79 Å². The number of hydrogen-bond acceptors (Lipinski definition) is 3. The van der Waals surface area contributed by atoms with Crippen molar-refractivity contribution < 1.29 is 4.79 Å². The standard InChI is InChI=1S/C13H14N6O/c14-18-16-11-7-3-1-5-9(11)13(17-19-15)10-6-2-4-8-12(10)20/h1,3,5,7,10,13H,2,4,6,8H2. The van der Waals surface area contributed by atoms with Crippen LogP contribution in [0.3, 0.4) is 0 Å². The van der Waals surface area contributed by atoms with Gasteiger partial charge < -0.3 is 0 Å². The maximum absolute atomic E-state index is 12.1. The number of ketones is 1. The maximum Gasteiger partial charge on any atom is 0.136 e. The van der Waals surface area contributed by atoms with E-state index in [9.17, 15) is 4.79 Å². The van der Waals surface area contributed by atoms with E-state index in [4.69, 9.17) is 11.1 Å². The monoisotopic (exact) mass is 270 g/mol. The summed E-state index contributed by atoms with van der Waals surface area (Å²) in [4.78, 5) is 17.7. The number of nitrogens with zero attached hydrogens (tertiary/aromatic N) is 6. The molecule has 0 bridgehead atoms. The molecule has 2 rings (SSSR count). The van der Waals surface area contributed by atoms with Gasteiger partial charge in [0.2, 0.25) is 0 Å². The Morgan fingerprint density at radius 2 is 2.00 bits per heavy atom. The van der Waals surface area contributed by atoms with Crippen molar-refractivity contribution in [2.24, 2.45) is 16.1 Å². The number of hydrogen-bond donors (Lipinski definition) is 0. The fourth-order valence-corrected chi connectivity index (χ4v) is 2.64. The van der Waals surface area contributed by atoms with Gasteiger partial charge in [0.15, 0.2) is 0 Å². The van der Waals surface area contributed by atoms with Crippen molar-refractivity contribution in [2.45, 2.75) is 31.7 Å². The van der Waals surface area contributed by atoms with Crippen molar-refractivity contribution in [1.29, 1.82) is 0 Å². The Morgan fingerprint density at radius 3 is 2.70 bits per heavy atom. The summed E-state index contributed by atoms with van der Waals surface area (Å²) >= 11 is 0. The summed E-state index contributed by atoms with van der Waals surface area (Å²) in [5.41, 5.74) is 18.4. The van der Waals surface area contributed by atoms with Crippen molar-refractivity contribution >= 4 is 11.5 Å². The van der Waals surface area contributed by atoms with Crippen LogP contribution in [0.5, 0.6) is 0 Å². The van der Waals surface area contributed by atoms with Gasteiger partial charge in [0, 0.05) is 27.8 Å². The molecule has 1 aliphatic carbocycles. The topological polar surface area (TPSA) is 115 Å². The third-order valence-corrected chi connectivity index (χ3v) is 3.57. The van der Waals surface area contributed by atoms with Crippen molar-refractivity contribution in [3.8, 4) is 0 Å². The first-order valence-corrected chi connectivity index (χ1v) is 6.49. The highest BCUT2D eigenvalue weighted by Gasteiger charge is 2.31. The van der Waals surface area contributed by atoms with Gasteiger partial charge in [0.25, 0.3) is 0 Å². The molecule has 1 aromatic carbocycles. The molecule has 0 aliphatic heterocycles. The Hall–Kier alpha value is -2.49. The van der Waals surface area contributed by atoms with Gasteiger partial charge in [-0.3, -0.25) is 4.79 Å². The molecular formula is C13H14N6O. The normalized spacial score (nSPS) is 19.6. The van der Waals surface area contributed by atoms with Crippen LogP contribution in [0.15, 0.2) is 34.5 Å². The Kier molecular flexibility index (Phi) is 4.60. The van der Waals surface area contributed by atoms with Crippen molar-refractivity contribution in [1.82, 2.24) is 0 Å². The van der Waals surface area contributed by atoms with E-state index in [0.29, 0.717) is 24.1 Å². The Labute approximate surface area is 115 Å². The average Bonchev–Trinajstić information content (AvgIpc) is 2.47. The fraction of sp³-hybridized carbons (Fsp3) is 0.462. The van der Waals surface area contributed by atoms with Gasteiger partial charge in [0.05, 0.1) is 6.04 Å². The third-order valence-electron chi connectivity index (χ3n) is 3.57. The number of Topliss-reactive ketones (excluding diaryl/α,β-unsaturated/α-hetero) is 1. The highest BCUT2D eigenvalue weighted by atomic mass is 16.1. The molecule has 102 valence electrons. The molecule has 0 heterocycles. The van der Waals surface area contributed by atoms with Crippen LogP contribution in [0.1, 0.15) is 37.3 Å². The van der Waals surface area contributed by atoms with E-state index in [1.54, 1.807) is 24.3 Å². The molecule has 7 nitrogen and oxygen atoms in total. The predicted octanol–water partition coefficient (Wildman–Crippen LogP) is 4.74. The van der Waals surface area contributed by atoms with Crippen molar-refractivity contribution in [3.05, 3.63) is 50.7 Å². The summed E-state index contributed by atoms with van der Waals surface area (Å²) in [6.07, 6.45) is 3.05. The van der Waals surface area contributed by atoms with Gasteiger partial charge in [-0.2, -0.15) is 0 Å². The molecule has 0 amide bonds. The van der Waals surface area contributed by atoms with E-state index >= 15 is 0 Å². The van der Waals surface area contributed by atoms with E-state index in [0.717, 1.165) is 12.8 Å². The predicted molar refractivity (Wildman–Crippen MR) is 74.1 cm³/mol. The van der Waals surface area contributed by atoms with Crippen molar-refractivity contribution in [2.75, 3.05) is 0 Å². The first-order chi connectivity index (χ1) is 9.77. The quantitative estimate of drug-likeness (QED) is 0.438. The van der Waals surface area contributed by atoms with Crippen LogP contribution < -0.4 is 0 Å². The largest absolute Gasteiger partial charge is 0.299 e. The summed E-state index contributed by atoms with van der Waals surface area (Å²) in [7, 11) is 0. The van der Waals surface area contributed by atoms with E-state index in [2.05, 4.69) is 20.1 Å². The van der Waals surface area contributed by atoms with Crippen LogP contribution in [0.4, 0.5) is 5.69 Å². The highest BCUT2D eigenvalue weighted by Crippen LogP contribution is 2.39. The number of benzene rings is 1. The molecule has 1 aromatic rings. The lowest BCUT2D eigenvalue weighted by Crippen LogP contribution is -2.24. The second-order valence-corrected chi connectivity index (χ2v) is 4.72. The molecule has 0 spiro atoms. The molecule has 0 radical (unpaired) electrons. The summed E-state index contributed by atoms with van der Waals surface area (Å²) in [6, 6.07) is 6.31. The number of rotatable bonds is 4. The van der Waals surface area contributed by atoms with Gasteiger partial charge in [0.1, 0.15) is 5.78 Å². The third kappa shape index (κ3) is 2.91. The van der Waals surface area contributed by atoms with Crippen LogP contribution in [0.2, 0.25) is 0 Å². The summed E-state index contributed by atoms with van der Waals surface area (Å²) in [6.45, 7) is 0. The Balaban J connectivity index is 2.45. The molecule has 0 aromatic heterocycles. The fourth-order valence-electron chi connectivity index (χ4n) is 2.64. The molecule has 0 saturated heterocycles. The number of azide groups is 2. The average molecular weight is 270 g/mol. The van der Waals surface area contributed by atoms with Gasteiger partial charge >= 0.3 is 0 Å². The summed E-state index contributed by atoms with van der Waals surface area (Å²) in [5.74, 6) is -0.209. The van der Waals surface area contributed by atoms with Gasteiger partial charge in [-0.25, -0.2) is 0 Å². The molecule has 20 heavy (non-hydrogen) atoms. The van der Waals surface area contributed by atoms with Crippen LogP contribution in [-0.4, -0.2) is 5.78 Å². The molecule has 0 N–H and O–H groups in total. The first kappa shape index (κ1) is 13.9. The zero-order valence-electron chi connectivity index (χ0n) is 10.9. The lowest BCUT2D eigenvalue weighted by atomic mass is 9.80. The number of carbonyl (C=O) groups excluding carboxylic acids is 1. The molecular weight excluding hydrogens is 256 g/mol. The zero-order chi connectivity index (χ0) is 14.4. The van der Waals surface area contributed by atoms with E-state index < -0.39 is 6.04 Å². The smallest absolute Gasteiger partial charge is 0.136 e. The summed E-state index contributed by atoms with van der Waals surface area (Å²) in [5, 5.41) is 7.40. The minimum Gasteiger partial charge on any atom is -0.299 e. The Bertz CT molecular complexity index is 601. The van der Waals surface area contributed by atoms with Gasteiger partial charge in [-0.05, 0) is 29.5 Å². The second-order valence-electron chi connectivity index (χ2n) is 4.72. The molecule has 2 unspecified atom stereocenters. The molecule has 7 heteroatoms. The van der Waals surface area contributed by atoms with Crippen molar-refractivity contribution in [3.63, 3.8) is 0 Å². The molecule has 1 fully saturated rings. The summed E-state index contributed by atoms with van der Waals surface area (Å²) < 4.78 is 0. The highest BCUT2D eigenvalue weighted by molar-refractivity contribution is 5.82.